The second kappa shape index (κ2) is 8.70. The van der Waals surface area contributed by atoms with E-state index in [0.717, 1.165) is 55.2 Å². The molecule has 0 unspecified atom stereocenters. The van der Waals surface area contributed by atoms with Gasteiger partial charge in [-0.15, -0.1) is 0 Å². The van der Waals surface area contributed by atoms with Gasteiger partial charge in [0.2, 0.25) is 0 Å². The molecule has 0 aliphatic carbocycles. The van der Waals surface area contributed by atoms with E-state index >= 15 is 0 Å². The lowest BCUT2D eigenvalue weighted by Crippen LogP contribution is -2.45. The van der Waals surface area contributed by atoms with Crippen molar-refractivity contribution < 1.29 is 9.47 Å². The van der Waals surface area contributed by atoms with Gasteiger partial charge in [-0.2, -0.15) is 0 Å². The molecule has 2 aromatic carbocycles. The van der Waals surface area contributed by atoms with Crippen LogP contribution in [-0.4, -0.2) is 50.2 Å². The van der Waals surface area contributed by atoms with Crippen molar-refractivity contribution in [3.8, 4) is 11.5 Å². The van der Waals surface area contributed by atoms with Gasteiger partial charge in [0.05, 0.1) is 14.2 Å². The summed E-state index contributed by atoms with van der Waals surface area (Å²) < 4.78 is 12.1. The summed E-state index contributed by atoms with van der Waals surface area (Å²) in [4.78, 5) is 5.00. The molecule has 25 heavy (non-hydrogen) atoms. The van der Waals surface area contributed by atoms with Gasteiger partial charge in [0, 0.05) is 49.3 Å². The molecule has 3 rings (SSSR count). The highest BCUT2D eigenvalue weighted by molar-refractivity contribution is 9.10. The van der Waals surface area contributed by atoms with Gasteiger partial charge in [0.1, 0.15) is 0 Å². The van der Waals surface area contributed by atoms with Crippen molar-refractivity contribution in [1.82, 2.24) is 9.80 Å². The van der Waals surface area contributed by atoms with Crippen molar-refractivity contribution in [2.45, 2.75) is 13.1 Å². The third-order valence-corrected chi connectivity index (χ3v) is 5.19. The fraction of sp³-hybridized carbons (Fsp3) is 0.400. The van der Waals surface area contributed by atoms with Crippen LogP contribution in [0.5, 0.6) is 11.5 Å². The summed E-state index contributed by atoms with van der Waals surface area (Å²) in [5.41, 5.74) is 2.55. The molecule has 1 fully saturated rings. The van der Waals surface area contributed by atoms with Crippen LogP contribution in [0.15, 0.2) is 46.9 Å². The SMILES string of the molecule is COc1cccc(CN2CCN(Cc3ccc(Br)cc3)CC2)c1OC. The molecule has 1 aliphatic rings. The molecule has 0 spiro atoms. The smallest absolute Gasteiger partial charge is 0.165 e. The summed E-state index contributed by atoms with van der Waals surface area (Å²) in [5, 5.41) is 0. The monoisotopic (exact) mass is 404 g/mol. The van der Waals surface area contributed by atoms with Gasteiger partial charge in [-0.25, -0.2) is 0 Å². The summed E-state index contributed by atoms with van der Waals surface area (Å²) in [6.07, 6.45) is 0. The van der Waals surface area contributed by atoms with Gasteiger partial charge < -0.3 is 9.47 Å². The third-order valence-electron chi connectivity index (χ3n) is 4.66. The lowest BCUT2D eigenvalue weighted by molar-refractivity contribution is 0.121. The molecule has 4 nitrogen and oxygen atoms in total. The Morgan fingerprint density at radius 1 is 0.840 bits per heavy atom. The highest BCUT2D eigenvalue weighted by Crippen LogP contribution is 2.31. The minimum atomic E-state index is 0.800. The second-order valence-electron chi connectivity index (χ2n) is 6.33. The predicted molar refractivity (Wildman–Crippen MR) is 104 cm³/mol. The Balaban J connectivity index is 1.55. The van der Waals surface area contributed by atoms with Crippen molar-refractivity contribution in [3.05, 3.63) is 58.1 Å². The molecule has 1 heterocycles. The molecule has 1 saturated heterocycles. The molecule has 0 atom stereocenters. The first-order chi connectivity index (χ1) is 12.2. The van der Waals surface area contributed by atoms with E-state index in [-0.39, 0.29) is 0 Å². The minimum absolute atomic E-state index is 0.800. The molecule has 0 amide bonds. The Hall–Kier alpha value is -1.56. The van der Waals surface area contributed by atoms with E-state index in [1.807, 2.05) is 12.1 Å². The van der Waals surface area contributed by atoms with Crippen LogP contribution in [-0.2, 0) is 13.1 Å². The van der Waals surface area contributed by atoms with Gasteiger partial charge in [-0.3, -0.25) is 9.80 Å². The van der Waals surface area contributed by atoms with E-state index in [1.165, 1.54) is 11.1 Å². The topological polar surface area (TPSA) is 24.9 Å². The van der Waals surface area contributed by atoms with E-state index < -0.39 is 0 Å². The maximum Gasteiger partial charge on any atom is 0.165 e. The first-order valence-electron chi connectivity index (χ1n) is 8.58. The van der Waals surface area contributed by atoms with E-state index in [0.29, 0.717) is 0 Å². The predicted octanol–water partition coefficient (Wildman–Crippen LogP) is 3.78. The Bertz CT molecular complexity index is 683. The maximum absolute atomic E-state index is 5.55. The average molecular weight is 405 g/mol. The van der Waals surface area contributed by atoms with E-state index in [2.05, 4.69) is 56.1 Å². The van der Waals surface area contributed by atoms with Crippen LogP contribution in [0.2, 0.25) is 0 Å². The molecule has 134 valence electrons. The molecule has 1 aliphatic heterocycles. The van der Waals surface area contributed by atoms with E-state index in [4.69, 9.17) is 9.47 Å². The summed E-state index contributed by atoms with van der Waals surface area (Å²) in [7, 11) is 3.39. The Morgan fingerprint density at radius 2 is 1.48 bits per heavy atom. The van der Waals surface area contributed by atoms with Crippen molar-refractivity contribution in [2.24, 2.45) is 0 Å². The number of nitrogens with zero attached hydrogens (tertiary/aromatic N) is 2. The van der Waals surface area contributed by atoms with Crippen LogP contribution < -0.4 is 9.47 Å². The second-order valence-corrected chi connectivity index (χ2v) is 7.25. The first kappa shape index (κ1) is 18.2. The Kier molecular flexibility index (Phi) is 6.34. The maximum atomic E-state index is 5.55. The van der Waals surface area contributed by atoms with E-state index in [9.17, 15) is 0 Å². The lowest BCUT2D eigenvalue weighted by Gasteiger charge is -2.35. The average Bonchev–Trinajstić information content (AvgIpc) is 2.65. The molecule has 5 heteroatoms. The number of rotatable bonds is 6. The van der Waals surface area contributed by atoms with Crippen molar-refractivity contribution in [1.29, 1.82) is 0 Å². The van der Waals surface area contributed by atoms with Crippen LogP contribution in [0.4, 0.5) is 0 Å². The molecular formula is C20H25BrN2O2. The zero-order valence-corrected chi connectivity index (χ0v) is 16.5. The van der Waals surface area contributed by atoms with Crippen LogP contribution in [0, 0.1) is 0 Å². The number of para-hydroxylation sites is 1. The molecule has 0 N–H and O–H groups in total. The van der Waals surface area contributed by atoms with Gasteiger partial charge in [0.15, 0.2) is 11.5 Å². The van der Waals surface area contributed by atoms with Crippen LogP contribution in [0.3, 0.4) is 0 Å². The number of hydrogen-bond donors (Lipinski definition) is 0. The first-order valence-corrected chi connectivity index (χ1v) is 9.38. The van der Waals surface area contributed by atoms with Gasteiger partial charge in [-0.05, 0) is 23.8 Å². The lowest BCUT2D eigenvalue weighted by atomic mass is 10.1. The fourth-order valence-corrected chi connectivity index (χ4v) is 3.54. The summed E-state index contributed by atoms with van der Waals surface area (Å²) >= 11 is 3.49. The van der Waals surface area contributed by atoms with Crippen LogP contribution >= 0.6 is 15.9 Å². The zero-order chi connectivity index (χ0) is 17.6. The van der Waals surface area contributed by atoms with Gasteiger partial charge in [-0.1, -0.05) is 40.2 Å². The number of methoxy groups -OCH3 is 2. The number of piperazine rings is 1. The quantitative estimate of drug-likeness (QED) is 0.730. The van der Waals surface area contributed by atoms with Crippen LogP contribution in [0.25, 0.3) is 0 Å². The summed E-state index contributed by atoms with van der Waals surface area (Å²) in [5.74, 6) is 1.65. The normalized spacial score (nSPS) is 16.0. The number of hydrogen-bond acceptors (Lipinski definition) is 4. The van der Waals surface area contributed by atoms with Crippen molar-refractivity contribution >= 4 is 15.9 Å². The molecular weight excluding hydrogens is 380 g/mol. The number of halogens is 1. The van der Waals surface area contributed by atoms with Gasteiger partial charge in [0.25, 0.3) is 0 Å². The van der Waals surface area contributed by atoms with Gasteiger partial charge >= 0.3 is 0 Å². The van der Waals surface area contributed by atoms with E-state index in [1.54, 1.807) is 14.2 Å². The van der Waals surface area contributed by atoms with Crippen molar-refractivity contribution in [2.75, 3.05) is 40.4 Å². The fourth-order valence-electron chi connectivity index (χ4n) is 3.27. The summed E-state index contributed by atoms with van der Waals surface area (Å²) in [6, 6.07) is 14.7. The highest BCUT2D eigenvalue weighted by atomic mass is 79.9. The Morgan fingerprint density at radius 3 is 2.08 bits per heavy atom. The Labute approximate surface area is 158 Å². The molecule has 0 radical (unpaired) electrons. The molecule has 0 bridgehead atoms. The third kappa shape index (κ3) is 4.75. The number of benzene rings is 2. The largest absolute Gasteiger partial charge is 0.493 e. The molecule has 2 aromatic rings. The zero-order valence-electron chi connectivity index (χ0n) is 14.9. The minimum Gasteiger partial charge on any atom is -0.493 e. The van der Waals surface area contributed by atoms with Crippen molar-refractivity contribution in [3.63, 3.8) is 0 Å². The standard InChI is InChI=1S/C20H25BrN2O2/c1-24-19-5-3-4-17(20(19)25-2)15-23-12-10-22(11-13-23)14-16-6-8-18(21)9-7-16/h3-9H,10-15H2,1-2H3. The molecule has 0 saturated carbocycles. The summed E-state index contributed by atoms with van der Waals surface area (Å²) in [6.45, 7) is 6.22. The highest BCUT2D eigenvalue weighted by Gasteiger charge is 2.19. The molecule has 0 aromatic heterocycles. The van der Waals surface area contributed by atoms with Crippen LogP contribution in [0.1, 0.15) is 11.1 Å². The number of ether oxygens (including phenoxy) is 2.